The van der Waals surface area contributed by atoms with E-state index < -0.39 is 0 Å². The Labute approximate surface area is 113 Å². The predicted octanol–water partition coefficient (Wildman–Crippen LogP) is 3.43. The Morgan fingerprint density at radius 1 is 1.24 bits per heavy atom. The lowest BCUT2D eigenvalue weighted by Crippen LogP contribution is -2.31. The first-order valence-corrected chi connectivity index (χ1v) is 6.77. The Kier molecular flexibility index (Phi) is 5.17. The van der Waals surface area contributed by atoms with Crippen molar-refractivity contribution < 1.29 is 0 Å². The third-order valence-corrected chi connectivity index (χ3v) is 3.71. The van der Waals surface area contributed by atoms with Crippen LogP contribution in [0.15, 0.2) is 28.7 Å². The number of nitrogens with two attached hydrogens (primary N) is 1. The normalized spacial score (nSPS) is 14.1. The highest BCUT2D eigenvalue weighted by Gasteiger charge is 2.24. The molecular weight excluding hydrogens is 276 g/mol. The van der Waals surface area contributed by atoms with Crippen LogP contribution in [0.3, 0.4) is 0 Å². The van der Waals surface area contributed by atoms with Crippen molar-refractivity contribution in [3.05, 3.63) is 34.3 Å². The second-order valence-corrected chi connectivity index (χ2v) is 6.52. The van der Waals surface area contributed by atoms with E-state index in [1.165, 1.54) is 5.56 Å². The van der Waals surface area contributed by atoms with E-state index in [4.69, 9.17) is 5.73 Å². The van der Waals surface area contributed by atoms with Crippen LogP contribution in [-0.4, -0.2) is 25.5 Å². The van der Waals surface area contributed by atoms with Crippen LogP contribution in [0.25, 0.3) is 0 Å². The fourth-order valence-electron chi connectivity index (χ4n) is 1.89. The van der Waals surface area contributed by atoms with Gasteiger partial charge in [0.15, 0.2) is 0 Å². The first-order valence-electron chi connectivity index (χ1n) is 5.98. The Bertz CT molecular complexity index is 344. The summed E-state index contributed by atoms with van der Waals surface area (Å²) in [4.78, 5) is 2.26. The zero-order valence-corrected chi connectivity index (χ0v) is 12.8. The SMILES string of the molecule is CN(C)C(CC(C)(C)CN)c1ccc(Br)cc1. The van der Waals surface area contributed by atoms with Gasteiger partial charge >= 0.3 is 0 Å². The molecule has 1 rings (SSSR count). The third-order valence-electron chi connectivity index (χ3n) is 3.18. The zero-order chi connectivity index (χ0) is 13.1. The summed E-state index contributed by atoms with van der Waals surface area (Å²) < 4.78 is 1.12. The molecule has 0 saturated carbocycles. The molecule has 1 unspecified atom stereocenters. The van der Waals surface area contributed by atoms with Crippen LogP contribution in [0.1, 0.15) is 31.9 Å². The molecule has 0 heterocycles. The van der Waals surface area contributed by atoms with E-state index in [1.54, 1.807) is 0 Å². The molecule has 0 aliphatic rings. The van der Waals surface area contributed by atoms with Gasteiger partial charge in [-0.25, -0.2) is 0 Å². The van der Waals surface area contributed by atoms with Crippen LogP contribution < -0.4 is 5.73 Å². The lowest BCUT2D eigenvalue weighted by Gasteiger charge is -2.33. The van der Waals surface area contributed by atoms with Gasteiger partial charge in [-0.1, -0.05) is 41.9 Å². The van der Waals surface area contributed by atoms with E-state index in [9.17, 15) is 0 Å². The van der Waals surface area contributed by atoms with Crippen molar-refractivity contribution in [2.45, 2.75) is 26.3 Å². The second-order valence-electron chi connectivity index (χ2n) is 5.60. The first-order chi connectivity index (χ1) is 7.85. The average molecular weight is 299 g/mol. The summed E-state index contributed by atoms with van der Waals surface area (Å²) in [6.07, 6.45) is 1.07. The molecule has 0 fully saturated rings. The molecule has 0 bridgehead atoms. The van der Waals surface area contributed by atoms with Gasteiger partial charge in [0.25, 0.3) is 0 Å². The summed E-state index contributed by atoms with van der Waals surface area (Å²) in [5.41, 5.74) is 7.35. The molecule has 1 atom stereocenters. The molecule has 2 nitrogen and oxygen atoms in total. The van der Waals surface area contributed by atoms with Gasteiger partial charge in [0.2, 0.25) is 0 Å². The molecule has 0 spiro atoms. The molecule has 3 heteroatoms. The quantitative estimate of drug-likeness (QED) is 0.902. The minimum atomic E-state index is 0.169. The lowest BCUT2D eigenvalue weighted by molar-refractivity contribution is 0.202. The Hall–Kier alpha value is -0.380. The number of rotatable bonds is 5. The largest absolute Gasteiger partial charge is 0.330 e. The van der Waals surface area contributed by atoms with E-state index in [0.717, 1.165) is 10.9 Å². The molecular formula is C14H23BrN2. The van der Waals surface area contributed by atoms with E-state index in [2.05, 4.69) is 73.0 Å². The number of benzene rings is 1. The maximum absolute atomic E-state index is 5.83. The van der Waals surface area contributed by atoms with E-state index in [0.29, 0.717) is 12.6 Å². The molecule has 0 radical (unpaired) electrons. The molecule has 0 aromatic heterocycles. The fourth-order valence-corrected chi connectivity index (χ4v) is 2.15. The minimum Gasteiger partial charge on any atom is -0.330 e. The Morgan fingerprint density at radius 3 is 2.18 bits per heavy atom. The van der Waals surface area contributed by atoms with Crippen LogP contribution in [0.5, 0.6) is 0 Å². The van der Waals surface area contributed by atoms with Crippen molar-refractivity contribution >= 4 is 15.9 Å². The first kappa shape index (κ1) is 14.7. The second kappa shape index (κ2) is 5.98. The van der Waals surface area contributed by atoms with Crippen molar-refractivity contribution in [3.8, 4) is 0 Å². The maximum atomic E-state index is 5.83. The van der Waals surface area contributed by atoms with E-state index in [1.807, 2.05) is 0 Å². The summed E-state index contributed by atoms with van der Waals surface area (Å²) in [6, 6.07) is 8.98. The highest BCUT2D eigenvalue weighted by Crippen LogP contribution is 2.32. The van der Waals surface area contributed by atoms with Crippen LogP contribution in [0.2, 0.25) is 0 Å². The molecule has 17 heavy (non-hydrogen) atoms. The monoisotopic (exact) mass is 298 g/mol. The summed E-state index contributed by atoms with van der Waals surface area (Å²) in [5, 5.41) is 0. The molecule has 0 aliphatic heterocycles. The highest BCUT2D eigenvalue weighted by molar-refractivity contribution is 9.10. The smallest absolute Gasteiger partial charge is 0.0347 e. The summed E-state index contributed by atoms with van der Waals surface area (Å²) >= 11 is 3.47. The zero-order valence-electron chi connectivity index (χ0n) is 11.2. The van der Waals surface area contributed by atoms with Gasteiger partial charge in [0.1, 0.15) is 0 Å². The van der Waals surface area contributed by atoms with E-state index >= 15 is 0 Å². The Balaban J connectivity index is 2.90. The van der Waals surface area contributed by atoms with Gasteiger partial charge in [-0.2, -0.15) is 0 Å². The summed E-state index contributed by atoms with van der Waals surface area (Å²) in [6.45, 7) is 5.17. The molecule has 0 aliphatic carbocycles. The van der Waals surface area contributed by atoms with Crippen molar-refractivity contribution in [1.29, 1.82) is 0 Å². The van der Waals surface area contributed by atoms with Gasteiger partial charge in [-0.15, -0.1) is 0 Å². The van der Waals surface area contributed by atoms with Crippen molar-refractivity contribution in [2.24, 2.45) is 11.1 Å². The van der Waals surface area contributed by atoms with Crippen molar-refractivity contribution in [3.63, 3.8) is 0 Å². The van der Waals surface area contributed by atoms with Gasteiger partial charge in [0, 0.05) is 10.5 Å². The van der Waals surface area contributed by atoms with Gasteiger partial charge in [0.05, 0.1) is 0 Å². The highest BCUT2D eigenvalue weighted by atomic mass is 79.9. The molecule has 2 N–H and O–H groups in total. The standard InChI is InChI=1S/C14H23BrN2/c1-14(2,10-16)9-13(17(3)4)11-5-7-12(15)8-6-11/h5-8,13H,9-10,16H2,1-4H3. The summed E-state index contributed by atoms with van der Waals surface area (Å²) in [5.74, 6) is 0. The van der Waals surface area contributed by atoms with E-state index in [-0.39, 0.29) is 5.41 Å². The maximum Gasteiger partial charge on any atom is 0.0347 e. The number of nitrogens with zero attached hydrogens (tertiary/aromatic N) is 1. The number of hydrogen-bond acceptors (Lipinski definition) is 2. The van der Waals surface area contributed by atoms with Crippen LogP contribution >= 0.6 is 15.9 Å². The third kappa shape index (κ3) is 4.41. The lowest BCUT2D eigenvalue weighted by atomic mass is 9.83. The van der Waals surface area contributed by atoms with Crippen molar-refractivity contribution in [1.82, 2.24) is 4.90 Å². The molecule has 0 saturated heterocycles. The summed E-state index contributed by atoms with van der Waals surface area (Å²) in [7, 11) is 4.25. The minimum absolute atomic E-state index is 0.169. The topological polar surface area (TPSA) is 29.3 Å². The number of hydrogen-bond donors (Lipinski definition) is 1. The molecule has 96 valence electrons. The predicted molar refractivity (Wildman–Crippen MR) is 78.0 cm³/mol. The fraction of sp³-hybridized carbons (Fsp3) is 0.571. The average Bonchev–Trinajstić information content (AvgIpc) is 2.27. The molecule has 0 amide bonds. The van der Waals surface area contributed by atoms with Gasteiger partial charge in [-0.3, -0.25) is 0 Å². The van der Waals surface area contributed by atoms with Crippen LogP contribution in [0.4, 0.5) is 0 Å². The van der Waals surface area contributed by atoms with Crippen LogP contribution in [-0.2, 0) is 0 Å². The molecule has 1 aromatic rings. The number of halogens is 1. The van der Waals surface area contributed by atoms with Gasteiger partial charge in [-0.05, 0) is 50.2 Å². The van der Waals surface area contributed by atoms with Crippen molar-refractivity contribution in [2.75, 3.05) is 20.6 Å². The van der Waals surface area contributed by atoms with Crippen LogP contribution in [0, 0.1) is 5.41 Å². The van der Waals surface area contributed by atoms with Gasteiger partial charge < -0.3 is 10.6 Å². The molecule has 1 aromatic carbocycles. The Morgan fingerprint density at radius 2 is 1.76 bits per heavy atom.